The molecule has 1 aliphatic heterocycles. The minimum Gasteiger partial charge on any atom is -0.379 e. The highest BCUT2D eigenvalue weighted by Gasteiger charge is 2.35. The van der Waals surface area contributed by atoms with Crippen LogP contribution in [0.15, 0.2) is 96.5 Å². The highest BCUT2D eigenvalue weighted by molar-refractivity contribution is 7.87. The molecule has 0 bridgehead atoms. The molecule has 2 aliphatic rings. The van der Waals surface area contributed by atoms with E-state index in [2.05, 4.69) is 35.8 Å². The van der Waals surface area contributed by atoms with Crippen LogP contribution in [0.1, 0.15) is 18.1 Å². The van der Waals surface area contributed by atoms with E-state index in [0.29, 0.717) is 6.61 Å². The van der Waals surface area contributed by atoms with Crippen LogP contribution >= 0.6 is 0 Å². The number of benzene rings is 2. The molecular formula is C24H25NO4S. The summed E-state index contributed by atoms with van der Waals surface area (Å²) in [5, 5.41) is 0. The zero-order valence-electron chi connectivity index (χ0n) is 16.7. The van der Waals surface area contributed by atoms with E-state index < -0.39 is 10.1 Å². The van der Waals surface area contributed by atoms with E-state index in [1.54, 1.807) is 30.3 Å². The van der Waals surface area contributed by atoms with Crippen molar-refractivity contribution >= 4 is 10.1 Å². The van der Waals surface area contributed by atoms with Gasteiger partial charge in [-0.15, -0.1) is 6.58 Å². The van der Waals surface area contributed by atoms with Crippen LogP contribution in [0, 0.1) is 0 Å². The standard InChI is InChI=1S/C24H25NO4S/c1-2-24(15-7-4-8-16-24)25-17-18-28-23(19-25)20-11-13-21(14-12-20)29-30(26,27)22-9-5-3-6-10-22/h2-15,23H,1,16-19H2/t23-,24-/m1/s1. The summed E-state index contributed by atoms with van der Waals surface area (Å²) in [6, 6.07) is 15.2. The summed E-state index contributed by atoms with van der Waals surface area (Å²) in [4.78, 5) is 2.52. The summed E-state index contributed by atoms with van der Waals surface area (Å²) in [5.74, 6) is 0.276. The van der Waals surface area contributed by atoms with Gasteiger partial charge in [0.15, 0.2) is 0 Å². The van der Waals surface area contributed by atoms with Gasteiger partial charge in [0.05, 0.1) is 18.2 Å². The Morgan fingerprint density at radius 3 is 2.53 bits per heavy atom. The predicted octanol–water partition coefficient (Wildman–Crippen LogP) is 4.27. The zero-order valence-corrected chi connectivity index (χ0v) is 17.5. The van der Waals surface area contributed by atoms with E-state index in [1.165, 1.54) is 12.1 Å². The Bertz CT molecular complexity index is 1040. The van der Waals surface area contributed by atoms with Gasteiger partial charge in [-0.3, -0.25) is 4.90 Å². The maximum atomic E-state index is 12.4. The summed E-state index contributed by atoms with van der Waals surface area (Å²) in [5.41, 5.74) is 0.794. The minimum absolute atomic E-state index is 0.102. The zero-order chi connectivity index (χ0) is 21.0. The lowest BCUT2D eigenvalue weighted by Crippen LogP contribution is -2.52. The number of hydrogen-bond acceptors (Lipinski definition) is 5. The molecular weight excluding hydrogens is 398 g/mol. The Kier molecular flexibility index (Phi) is 5.90. The van der Waals surface area contributed by atoms with E-state index in [-0.39, 0.29) is 22.3 Å². The van der Waals surface area contributed by atoms with Crippen molar-refractivity contribution in [2.75, 3.05) is 19.7 Å². The summed E-state index contributed by atoms with van der Waals surface area (Å²) in [7, 11) is -3.85. The second-order valence-corrected chi connectivity index (χ2v) is 8.96. The Morgan fingerprint density at radius 1 is 1.10 bits per heavy atom. The molecule has 0 saturated carbocycles. The maximum absolute atomic E-state index is 12.4. The molecule has 156 valence electrons. The average Bonchev–Trinajstić information content (AvgIpc) is 2.80. The first-order chi connectivity index (χ1) is 14.5. The van der Waals surface area contributed by atoms with E-state index >= 15 is 0 Å². The lowest BCUT2D eigenvalue weighted by molar-refractivity contribution is -0.0511. The Hall–Kier alpha value is -2.67. The van der Waals surface area contributed by atoms with E-state index in [1.807, 2.05) is 18.2 Å². The SMILES string of the molecule is C=C[C@@]1(N2CCO[C@@H](c3ccc(OS(=O)(=O)c4ccccc4)cc3)C2)C=CC=CC1. The van der Waals surface area contributed by atoms with E-state index in [0.717, 1.165) is 25.1 Å². The van der Waals surface area contributed by atoms with Gasteiger partial charge in [0, 0.05) is 13.1 Å². The second-order valence-electron chi connectivity index (χ2n) is 7.41. The number of nitrogens with zero attached hydrogens (tertiary/aromatic N) is 1. The summed E-state index contributed by atoms with van der Waals surface area (Å²) < 4.78 is 36.1. The Labute approximate surface area is 178 Å². The first-order valence-electron chi connectivity index (χ1n) is 9.97. The van der Waals surface area contributed by atoms with Crippen molar-refractivity contribution in [3.63, 3.8) is 0 Å². The van der Waals surface area contributed by atoms with Crippen molar-refractivity contribution in [2.24, 2.45) is 0 Å². The van der Waals surface area contributed by atoms with Crippen LogP contribution in [0.25, 0.3) is 0 Å². The number of rotatable bonds is 6. The molecule has 1 saturated heterocycles. The van der Waals surface area contributed by atoms with Crippen LogP contribution in [0.3, 0.4) is 0 Å². The molecule has 6 heteroatoms. The number of allylic oxidation sites excluding steroid dienone is 2. The fraction of sp³-hybridized carbons (Fsp3) is 0.250. The number of ether oxygens (including phenoxy) is 1. The molecule has 0 spiro atoms. The van der Waals surface area contributed by atoms with Gasteiger partial charge in [-0.05, 0) is 36.2 Å². The van der Waals surface area contributed by atoms with Crippen molar-refractivity contribution in [1.29, 1.82) is 0 Å². The summed E-state index contributed by atoms with van der Waals surface area (Å²) >= 11 is 0. The second kappa shape index (κ2) is 8.60. The van der Waals surface area contributed by atoms with Crippen LogP contribution in [-0.4, -0.2) is 38.6 Å². The van der Waals surface area contributed by atoms with Crippen LogP contribution in [0.5, 0.6) is 5.75 Å². The molecule has 1 aliphatic carbocycles. The number of hydrogen-bond donors (Lipinski definition) is 0. The largest absolute Gasteiger partial charge is 0.379 e. The third kappa shape index (κ3) is 4.26. The highest BCUT2D eigenvalue weighted by atomic mass is 32.2. The summed E-state index contributed by atoms with van der Waals surface area (Å²) in [6.07, 6.45) is 11.3. The molecule has 2 aromatic rings. The topological polar surface area (TPSA) is 55.8 Å². The third-order valence-corrected chi connectivity index (χ3v) is 6.84. The molecule has 0 radical (unpaired) electrons. The van der Waals surface area contributed by atoms with Crippen molar-refractivity contribution in [3.8, 4) is 5.75 Å². The van der Waals surface area contributed by atoms with Gasteiger partial charge < -0.3 is 8.92 Å². The monoisotopic (exact) mass is 423 g/mol. The Morgan fingerprint density at radius 2 is 1.87 bits per heavy atom. The molecule has 1 fully saturated rings. The fourth-order valence-electron chi connectivity index (χ4n) is 3.87. The maximum Gasteiger partial charge on any atom is 0.339 e. The van der Waals surface area contributed by atoms with Gasteiger partial charge in [0.25, 0.3) is 0 Å². The van der Waals surface area contributed by atoms with Crippen molar-refractivity contribution in [1.82, 2.24) is 4.90 Å². The molecule has 1 heterocycles. The molecule has 5 nitrogen and oxygen atoms in total. The van der Waals surface area contributed by atoms with Crippen molar-refractivity contribution in [2.45, 2.75) is 23.0 Å². The van der Waals surface area contributed by atoms with Crippen LogP contribution in [0.4, 0.5) is 0 Å². The first-order valence-corrected chi connectivity index (χ1v) is 11.4. The summed E-state index contributed by atoms with van der Waals surface area (Å²) in [6.45, 7) is 6.24. The minimum atomic E-state index is -3.85. The van der Waals surface area contributed by atoms with Crippen LogP contribution < -0.4 is 4.18 Å². The molecule has 4 rings (SSSR count). The lowest BCUT2D eigenvalue weighted by atomic mass is 9.88. The quantitative estimate of drug-likeness (QED) is 0.513. The smallest absolute Gasteiger partial charge is 0.339 e. The van der Waals surface area contributed by atoms with E-state index in [4.69, 9.17) is 8.92 Å². The van der Waals surface area contributed by atoms with Crippen LogP contribution in [0.2, 0.25) is 0 Å². The highest BCUT2D eigenvalue weighted by Crippen LogP contribution is 2.33. The molecule has 0 unspecified atom stereocenters. The number of morpholine rings is 1. The molecule has 0 amide bonds. The van der Waals surface area contributed by atoms with E-state index in [9.17, 15) is 8.42 Å². The van der Waals surface area contributed by atoms with Gasteiger partial charge in [-0.1, -0.05) is 60.7 Å². The molecule has 2 atom stereocenters. The van der Waals surface area contributed by atoms with Gasteiger partial charge in [-0.25, -0.2) is 0 Å². The van der Waals surface area contributed by atoms with Gasteiger partial charge >= 0.3 is 10.1 Å². The lowest BCUT2D eigenvalue weighted by Gasteiger charge is -2.44. The predicted molar refractivity (Wildman–Crippen MR) is 117 cm³/mol. The first kappa shape index (κ1) is 20.6. The fourth-order valence-corrected chi connectivity index (χ4v) is 4.82. The van der Waals surface area contributed by atoms with Gasteiger partial charge in [0.2, 0.25) is 0 Å². The van der Waals surface area contributed by atoms with Crippen molar-refractivity contribution < 1.29 is 17.3 Å². The average molecular weight is 424 g/mol. The Balaban J connectivity index is 1.47. The molecule has 2 aromatic carbocycles. The van der Waals surface area contributed by atoms with Crippen LogP contribution in [-0.2, 0) is 14.9 Å². The van der Waals surface area contributed by atoms with Gasteiger partial charge in [0.1, 0.15) is 10.6 Å². The third-order valence-electron chi connectivity index (χ3n) is 5.58. The normalized spacial score (nSPS) is 24.5. The molecule has 0 N–H and O–H groups in total. The molecule has 30 heavy (non-hydrogen) atoms. The van der Waals surface area contributed by atoms with Gasteiger partial charge in [-0.2, -0.15) is 8.42 Å². The molecule has 0 aromatic heterocycles. The van der Waals surface area contributed by atoms with Crippen molar-refractivity contribution in [3.05, 3.63) is 97.1 Å².